The number of carbonyl (C=O) groups excluding carboxylic acids is 1. The van der Waals surface area contributed by atoms with E-state index in [1.54, 1.807) is 35.1 Å². The van der Waals surface area contributed by atoms with Gasteiger partial charge in [0.05, 0.1) is 28.2 Å². The number of sulfonamides is 1. The second kappa shape index (κ2) is 8.87. The highest BCUT2D eigenvalue weighted by atomic mass is 32.2. The number of aryl methyl sites for hydroxylation is 3. The van der Waals surface area contributed by atoms with Crippen molar-refractivity contribution in [3.05, 3.63) is 95.4 Å². The van der Waals surface area contributed by atoms with Gasteiger partial charge in [-0.3, -0.25) is 9.52 Å². The molecule has 8 nitrogen and oxygen atoms in total. The fourth-order valence-electron chi connectivity index (χ4n) is 3.33. The summed E-state index contributed by atoms with van der Waals surface area (Å²) in [5, 5.41) is 7.16. The molecule has 2 aromatic heterocycles. The molecular weight excluding hydrogens is 438 g/mol. The van der Waals surface area contributed by atoms with Gasteiger partial charge in [-0.05, 0) is 74.9 Å². The monoisotopic (exact) mass is 461 g/mol. The van der Waals surface area contributed by atoms with Crippen LogP contribution < -0.4 is 10.0 Å². The van der Waals surface area contributed by atoms with E-state index in [0.29, 0.717) is 22.8 Å². The summed E-state index contributed by atoms with van der Waals surface area (Å²) >= 11 is 0. The number of pyridine rings is 1. The summed E-state index contributed by atoms with van der Waals surface area (Å²) in [5.74, 6) is 0.279. The van der Waals surface area contributed by atoms with E-state index in [0.717, 1.165) is 17.0 Å². The van der Waals surface area contributed by atoms with Crippen molar-refractivity contribution in [1.82, 2.24) is 14.8 Å². The lowest BCUT2D eigenvalue weighted by Gasteiger charge is -2.11. The number of rotatable bonds is 6. The molecule has 0 radical (unpaired) electrons. The second-order valence-corrected chi connectivity index (χ2v) is 9.33. The first-order valence-electron chi connectivity index (χ1n) is 10.2. The number of nitrogens with zero attached hydrogens (tertiary/aromatic N) is 3. The largest absolute Gasteiger partial charge is 0.321 e. The van der Waals surface area contributed by atoms with Crippen LogP contribution in [0.5, 0.6) is 0 Å². The van der Waals surface area contributed by atoms with Crippen molar-refractivity contribution >= 4 is 27.3 Å². The lowest BCUT2D eigenvalue weighted by molar-refractivity contribution is 0.102. The van der Waals surface area contributed by atoms with Gasteiger partial charge in [-0.25, -0.2) is 18.1 Å². The number of aromatic nitrogens is 3. The third-order valence-electron chi connectivity index (χ3n) is 5.05. The van der Waals surface area contributed by atoms with Gasteiger partial charge in [0.15, 0.2) is 5.82 Å². The molecule has 2 heterocycles. The van der Waals surface area contributed by atoms with Gasteiger partial charge in [0.25, 0.3) is 15.9 Å². The Labute approximate surface area is 192 Å². The van der Waals surface area contributed by atoms with Crippen LogP contribution in [-0.2, 0) is 10.0 Å². The summed E-state index contributed by atoms with van der Waals surface area (Å²) in [7, 11) is -3.77. The first kappa shape index (κ1) is 22.2. The molecule has 0 bridgehead atoms. The Morgan fingerprint density at radius 1 is 0.939 bits per heavy atom. The smallest absolute Gasteiger partial charge is 0.261 e. The number of nitrogens with one attached hydrogen (secondary N) is 2. The summed E-state index contributed by atoms with van der Waals surface area (Å²) in [6.07, 6.45) is 1.55. The maximum Gasteiger partial charge on any atom is 0.261 e. The highest BCUT2D eigenvalue weighted by Gasteiger charge is 2.16. The Kier molecular flexibility index (Phi) is 5.97. The molecule has 1 amide bonds. The summed E-state index contributed by atoms with van der Waals surface area (Å²) < 4.78 is 29.6. The van der Waals surface area contributed by atoms with E-state index in [1.807, 2.05) is 39.0 Å². The minimum absolute atomic E-state index is 0.0678. The molecule has 0 aliphatic heterocycles. The Bertz CT molecular complexity index is 1410. The molecule has 4 rings (SSSR count). The second-order valence-electron chi connectivity index (χ2n) is 7.64. The van der Waals surface area contributed by atoms with Gasteiger partial charge in [0, 0.05) is 11.3 Å². The van der Waals surface area contributed by atoms with Gasteiger partial charge in [-0.15, -0.1) is 0 Å². The van der Waals surface area contributed by atoms with Crippen LogP contribution in [0.1, 0.15) is 27.3 Å². The van der Waals surface area contributed by atoms with Crippen LogP contribution in [-0.4, -0.2) is 29.1 Å². The number of anilines is 2. The maximum atomic E-state index is 12.7. The normalized spacial score (nSPS) is 11.2. The van der Waals surface area contributed by atoms with Crippen LogP contribution >= 0.6 is 0 Å². The van der Waals surface area contributed by atoms with Gasteiger partial charge in [0.1, 0.15) is 0 Å². The van der Waals surface area contributed by atoms with E-state index in [-0.39, 0.29) is 10.8 Å². The third-order valence-corrected chi connectivity index (χ3v) is 6.43. The van der Waals surface area contributed by atoms with Crippen molar-refractivity contribution < 1.29 is 13.2 Å². The molecule has 9 heteroatoms. The molecule has 168 valence electrons. The molecule has 4 aromatic rings. The Balaban J connectivity index is 1.45. The van der Waals surface area contributed by atoms with Crippen LogP contribution in [0.2, 0.25) is 0 Å². The van der Waals surface area contributed by atoms with E-state index in [4.69, 9.17) is 0 Å². The zero-order chi connectivity index (χ0) is 23.6. The van der Waals surface area contributed by atoms with Crippen LogP contribution in [0.25, 0.3) is 5.82 Å². The predicted molar refractivity (Wildman–Crippen MR) is 127 cm³/mol. The van der Waals surface area contributed by atoms with Crippen LogP contribution in [0.3, 0.4) is 0 Å². The molecule has 0 atom stereocenters. The van der Waals surface area contributed by atoms with Crippen LogP contribution in [0.15, 0.2) is 77.8 Å². The molecule has 0 fully saturated rings. The quantitative estimate of drug-likeness (QED) is 0.447. The van der Waals surface area contributed by atoms with Gasteiger partial charge in [0.2, 0.25) is 0 Å². The Morgan fingerprint density at radius 3 is 2.27 bits per heavy atom. The van der Waals surface area contributed by atoms with Crippen molar-refractivity contribution in [3.63, 3.8) is 0 Å². The molecule has 0 spiro atoms. The van der Waals surface area contributed by atoms with Gasteiger partial charge >= 0.3 is 0 Å². The molecule has 0 saturated carbocycles. The number of para-hydroxylation sites is 1. The van der Waals surface area contributed by atoms with Gasteiger partial charge in [-0.2, -0.15) is 5.10 Å². The first-order chi connectivity index (χ1) is 15.7. The van der Waals surface area contributed by atoms with Crippen molar-refractivity contribution in [3.8, 4) is 5.82 Å². The average Bonchev–Trinajstić information content (AvgIpc) is 3.13. The fraction of sp³-hybridized carbons (Fsp3) is 0.125. The van der Waals surface area contributed by atoms with Crippen LogP contribution in [0, 0.1) is 20.8 Å². The van der Waals surface area contributed by atoms with E-state index < -0.39 is 10.0 Å². The predicted octanol–water partition coefficient (Wildman–Crippen LogP) is 4.25. The van der Waals surface area contributed by atoms with Crippen molar-refractivity contribution in [2.24, 2.45) is 0 Å². The Morgan fingerprint density at radius 2 is 1.67 bits per heavy atom. The van der Waals surface area contributed by atoms with Gasteiger partial charge in [-0.1, -0.05) is 18.2 Å². The lowest BCUT2D eigenvalue weighted by atomic mass is 10.2. The minimum atomic E-state index is -3.77. The summed E-state index contributed by atoms with van der Waals surface area (Å²) in [6.45, 7) is 5.68. The third kappa shape index (κ3) is 4.93. The molecule has 2 aromatic carbocycles. The first-order valence-corrected chi connectivity index (χ1v) is 11.7. The number of hydrogen-bond donors (Lipinski definition) is 2. The Hall–Kier alpha value is -3.98. The van der Waals surface area contributed by atoms with Gasteiger partial charge < -0.3 is 5.32 Å². The van der Waals surface area contributed by atoms with Crippen molar-refractivity contribution in [2.75, 3.05) is 10.0 Å². The van der Waals surface area contributed by atoms with E-state index in [1.165, 1.54) is 24.3 Å². The molecule has 0 aliphatic rings. The SMILES string of the molecule is Cc1cc(C)n(-c2ccc(NC(=O)c3ccc(S(=O)(=O)Nc4ccccc4C)cc3)cn2)n1. The van der Waals surface area contributed by atoms with Crippen molar-refractivity contribution in [1.29, 1.82) is 0 Å². The molecule has 33 heavy (non-hydrogen) atoms. The fourth-order valence-corrected chi connectivity index (χ4v) is 4.46. The molecular formula is C24H23N5O3S. The highest BCUT2D eigenvalue weighted by Crippen LogP contribution is 2.20. The molecule has 0 unspecified atom stereocenters. The summed E-state index contributed by atoms with van der Waals surface area (Å²) in [4.78, 5) is 17.0. The average molecular weight is 462 g/mol. The van der Waals surface area contributed by atoms with E-state index in [2.05, 4.69) is 20.1 Å². The summed E-state index contributed by atoms with van der Waals surface area (Å²) in [5.41, 5.74) is 4.02. The molecule has 0 aliphatic carbocycles. The van der Waals surface area contributed by atoms with E-state index >= 15 is 0 Å². The minimum Gasteiger partial charge on any atom is -0.321 e. The zero-order valence-corrected chi connectivity index (χ0v) is 19.2. The lowest BCUT2D eigenvalue weighted by Crippen LogP contribution is -2.15. The van der Waals surface area contributed by atoms with Crippen molar-refractivity contribution in [2.45, 2.75) is 25.7 Å². The zero-order valence-electron chi connectivity index (χ0n) is 18.4. The highest BCUT2D eigenvalue weighted by molar-refractivity contribution is 7.92. The maximum absolute atomic E-state index is 12.7. The van der Waals surface area contributed by atoms with Crippen LogP contribution in [0.4, 0.5) is 11.4 Å². The summed E-state index contributed by atoms with van der Waals surface area (Å²) in [6, 6.07) is 18.3. The van der Waals surface area contributed by atoms with E-state index in [9.17, 15) is 13.2 Å². The number of carbonyl (C=O) groups is 1. The number of hydrogen-bond acceptors (Lipinski definition) is 5. The topological polar surface area (TPSA) is 106 Å². The molecule has 2 N–H and O–H groups in total. The number of amides is 1. The molecule has 0 saturated heterocycles. The number of benzene rings is 2. The standard InChI is InChI=1S/C24H23N5O3S/c1-16-6-4-5-7-22(16)28-33(31,32)21-11-8-19(9-12-21)24(30)26-20-10-13-23(25-15-20)29-18(3)14-17(2)27-29/h4-15,28H,1-3H3,(H,26,30).